The van der Waals surface area contributed by atoms with E-state index in [1.165, 1.54) is 18.1 Å². The molecular formula is C18H22FN. The monoisotopic (exact) mass is 271 g/mol. The Morgan fingerprint density at radius 2 is 1.80 bits per heavy atom. The maximum atomic E-state index is 13.1. The van der Waals surface area contributed by atoms with Crippen LogP contribution in [0.1, 0.15) is 31.4 Å². The highest BCUT2D eigenvalue weighted by Gasteiger charge is 2.04. The van der Waals surface area contributed by atoms with Crippen LogP contribution in [0.5, 0.6) is 0 Å². The molecule has 2 aromatic rings. The minimum absolute atomic E-state index is 0.168. The zero-order valence-corrected chi connectivity index (χ0v) is 12.2. The first-order valence-electron chi connectivity index (χ1n) is 7.27. The molecule has 0 radical (unpaired) electrons. The lowest BCUT2D eigenvalue weighted by Gasteiger charge is -2.15. The molecule has 0 aliphatic rings. The predicted molar refractivity (Wildman–Crippen MR) is 83.6 cm³/mol. The van der Waals surface area contributed by atoms with Crippen molar-refractivity contribution in [2.75, 3.05) is 5.32 Å². The van der Waals surface area contributed by atoms with Crippen molar-refractivity contribution in [3.8, 4) is 0 Å². The second kappa shape index (κ2) is 7.09. The molecule has 2 aromatic carbocycles. The van der Waals surface area contributed by atoms with Gasteiger partial charge in [-0.1, -0.05) is 37.6 Å². The summed E-state index contributed by atoms with van der Waals surface area (Å²) in [6.45, 7) is 4.30. The van der Waals surface area contributed by atoms with E-state index in [2.05, 4.69) is 43.4 Å². The van der Waals surface area contributed by atoms with Crippen molar-refractivity contribution >= 4 is 5.69 Å². The van der Waals surface area contributed by atoms with E-state index in [1.54, 1.807) is 12.1 Å². The van der Waals surface area contributed by atoms with Gasteiger partial charge in [0.15, 0.2) is 0 Å². The molecule has 2 heteroatoms. The molecule has 1 atom stereocenters. The van der Waals surface area contributed by atoms with Gasteiger partial charge < -0.3 is 5.32 Å². The van der Waals surface area contributed by atoms with Gasteiger partial charge in [-0.3, -0.25) is 0 Å². The predicted octanol–water partition coefficient (Wildman–Crippen LogP) is 4.82. The van der Waals surface area contributed by atoms with Gasteiger partial charge in [-0.15, -0.1) is 0 Å². The van der Waals surface area contributed by atoms with Crippen LogP contribution in [0.25, 0.3) is 0 Å². The zero-order valence-electron chi connectivity index (χ0n) is 12.2. The van der Waals surface area contributed by atoms with Crippen molar-refractivity contribution in [1.29, 1.82) is 0 Å². The van der Waals surface area contributed by atoms with Gasteiger partial charge in [0.1, 0.15) is 5.82 Å². The van der Waals surface area contributed by atoms with Gasteiger partial charge >= 0.3 is 0 Å². The maximum Gasteiger partial charge on any atom is 0.123 e. The van der Waals surface area contributed by atoms with Crippen molar-refractivity contribution < 1.29 is 4.39 Å². The Bertz CT molecular complexity index is 533. The Kier molecular flexibility index (Phi) is 5.16. The van der Waals surface area contributed by atoms with Gasteiger partial charge in [0.2, 0.25) is 0 Å². The Labute approximate surface area is 120 Å². The van der Waals surface area contributed by atoms with Crippen LogP contribution in [0.3, 0.4) is 0 Å². The molecule has 0 saturated heterocycles. The number of hydrogen-bond acceptors (Lipinski definition) is 1. The fraction of sp³-hybridized carbons (Fsp3) is 0.333. The molecular weight excluding hydrogens is 249 g/mol. The van der Waals surface area contributed by atoms with Gasteiger partial charge in [0.05, 0.1) is 0 Å². The summed E-state index contributed by atoms with van der Waals surface area (Å²) in [4.78, 5) is 0. The molecule has 106 valence electrons. The van der Waals surface area contributed by atoms with Crippen molar-refractivity contribution in [3.05, 3.63) is 65.5 Å². The molecule has 0 heterocycles. The summed E-state index contributed by atoms with van der Waals surface area (Å²) >= 11 is 0. The first kappa shape index (κ1) is 14.6. The molecule has 2 rings (SSSR count). The van der Waals surface area contributed by atoms with Gasteiger partial charge in [-0.05, 0) is 55.2 Å². The Morgan fingerprint density at radius 1 is 1.05 bits per heavy atom. The van der Waals surface area contributed by atoms with E-state index in [9.17, 15) is 4.39 Å². The van der Waals surface area contributed by atoms with E-state index in [-0.39, 0.29) is 11.9 Å². The second-order valence-corrected chi connectivity index (χ2v) is 5.33. The lowest BCUT2D eigenvalue weighted by Crippen LogP contribution is -2.18. The number of rotatable bonds is 6. The first-order valence-corrected chi connectivity index (χ1v) is 7.27. The van der Waals surface area contributed by atoms with E-state index in [0.29, 0.717) is 0 Å². The number of benzene rings is 2. The van der Waals surface area contributed by atoms with Crippen LogP contribution in [0.15, 0.2) is 48.5 Å². The Hall–Kier alpha value is -1.83. The van der Waals surface area contributed by atoms with Crippen LogP contribution >= 0.6 is 0 Å². The number of nitrogens with one attached hydrogen (secondary N) is 1. The SMILES string of the molecule is CCCc1ccc(NC(C)Cc2cccc(F)c2)cc1. The number of aryl methyl sites for hydroxylation is 1. The average Bonchev–Trinajstić information content (AvgIpc) is 2.41. The van der Waals surface area contributed by atoms with Gasteiger partial charge in [0, 0.05) is 11.7 Å². The van der Waals surface area contributed by atoms with Crippen LogP contribution in [0, 0.1) is 5.82 Å². The fourth-order valence-electron chi connectivity index (χ4n) is 2.41. The number of hydrogen-bond donors (Lipinski definition) is 1. The lowest BCUT2D eigenvalue weighted by molar-refractivity contribution is 0.624. The third kappa shape index (κ3) is 4.37. The molecule has 0 aliphatic carbocycles. The number of halogens is 1. The molecule has 20 heavy (non-hydrogen) atoms. The van der Waals surface area contributed by atoms with Crippen molar-refractivity contribution in [2.24, 2.45) is 0 Å². The molecule has 1 N–H and O–H groups in total. The van der Waals surface area contributed by atoms with E-state index in [0.717, 1.165) is 24.1 Å². The van der Waals surface area contributed by atoms with Crippen LogP contribution < -0.4 is 5.32 Å². The molecule has 0 amide bonds. The molecule has 0 fully saturated rings. The van der Waals surface area contributed by atoms with Gasteiger partial charge in [0.25, 0.3) is 0 Å². The fourth-order valence-corrected chi connectivity index (χ4v) is 2.41. The molecule has 1 nitrogen and oxygen atoms in total. The summed E-state index contributed by atoms with van der Waals surface area (Å²) in [6.07, 6.45) is 3.11. The van der Waals surface area contributed by atoms with E-state index >= 15 is 0 Å². The normalized spacial score (nSPS) is 12.2. The number of anilines is 1. The van der Waals surface area contributed by atoms with E-state index in [4.69, 9.17) is 0 Å². The lowest BCUT2D eigenvalue weighted by atomic mass is 10.1. The zero-order chi connectivity index (χ0) is 14.4. The average molecular weight is 271 g/mol. The molecule has 0 bridgehead atoms. The first-order chi connectivity index (χ1) is 9.67. The van der Waals surface area contributed by atoms with Crippen LogP contribution in [0.2, 0.25) is 0 Å². The highest BCUT2D eigenvalue weighted by atomic mass is 19.1. The minimum atomic E-state index is -0.168. The van der Waals surface area contributed by atoms with Gasteiger partial charge in [-0.2, -0.15) is 0 Å². The van der Waals surface area contributed by atoms with Gasteiger partial charge in [-0.25, -0.2) is 4.39 Å². The second-order valence-electron chi connectivity index (χ2n) is 5.33. The molecule has 0 aliphatic heterocycles. The molecule has 1 unspecified atom stereocenters. The third-order valence-electron chi connectivity index (χ3n) is 3.34. The summed E-state index contributed by atoms with van der Waals surface area (Å²) in [5.74, 6) is -0.168. The summed E-state index contributed by atoms with van der Waals surface area (Å²) in [5.41, 5.74) is 3.51. The van der Waals surface area contributed by atoms with Crippen LogP contribution in [0.4, 0.5) is 10.1 Å². The quantitative estimate of drug-likeness (QED) is 0.794. The summed E-state index contributed by atoms with van der Waals surface area (Å²) < 4.78 is 13.1. The smallest absolute Gasteiger partial charge is 0.123 e. The Balaban J connectivity index is 1.92. The largest absolute Gasteiger partial charge is 0.382 e. The standard InChI is InChI=1S/C18H22FN/c1-3-5-15-8-10-18(11-9-15)20-14(2)12-16-6-4-7-17(19)13-16/h4,6-11,13-14,20H,3,5,12H2,1-2H3. The topological polar surface area (TPSA) is 12.0 Å². The third-order valence-corrected chi connectivity index (χ3v) is 3.34. The van der Waals surface area contributed by atoms with Crippen molar-refractivity contribution in [1.82, 2.24) is 0 Å². The van der Waals surface area contributed by atoms with E-state index in [1.807, 2.05) is 6.07 Å². The van der Waals surface area contributed by atoms with Crippen molar-refractivity contribution in [3.63, 3.8) is 0 Å². The molecule has 0 aromatic heterocycles. The Morgan fingerprint density at radius 3 is 2.45 bits per heavy atom. The summed E-state index contributed by atoms with van der Waals surface area (Å²) in [6, 6.07) is 15.6. The molecule has 0 spiro atoms. The summed E-state index contributed by atoms with van der Waals surface area (Å²) in [5, 5.41) is 3.46. The van der Waals surface area contributed by atoms with Crippen LogP contribution in [-0.4, -0.2) is 6.04 Å². The maximum absolute atomic E-state index is 13.1. The highest BCUT2D eigenvalue weighted by molar-refractivity contribution is 5.45. The van der Waals surface area contributed by atoms with Crippen LogP contribution in [-0.2, 0) is 12.8 Å². The minimum Gasteiger partial charge on any atom is -0.382 e. The van der Waals surface area contributed by atoms with E-state index < -0.39 is 0 Å². The van der Waals surface area contributed by atoms with Crippen molar-refractivity contribution in [2.45, 2.75) is 39.2 Å². The summed E-state index contributed by atoms with van der Waals surface area (Å²) in [7, 11) is 0. The highest BCUT2D eigenvalue weighted by Crippen LogP contribution is 2.14. The molecule has 0 saturated carbocycles.